The molecule has 0 spiro atoms. The van der Waals surface area contributed by atoms with Gasteiger partial charge in [0.2, 0.25) is 0 Å². The average Bonchev–Trinajstić information content (AvgIpc) is 2.77. The van der Waals surface area contributed by atoms with E-state index < -0.39 is 4.92 Å². The van der Waals surface area contributed by atoms with Gasteiger partial charge in [-0.1, -0.05) is 18.2 Å². The zero-order valence-corrected chi connectivity index (χ0v) is 7.33. The van der Waals surface area contributed by atoms with Crippen LogP contribution in [0.5, 0.6) is 0 Å². The van der Waals surface area contributed by atoms with Crippen LogP contribution in [-0.2, 0) is 0 Å². The van der Waals surface area contributed by atoms with Crippen molar-refractivity contribution >= 4 is 5.69 Å². The predicted octanol–water partition coefficient (Wildman–Crippen LogP) is 2.00. The molecule has 1 aromatic carbocycles. The van der Waals surface area contributed by atoms with Crippen molar-refractivity contribution in [3.63, 3.8) is 0 Å². The number of nitrogens with one attached hydrogen (secondary N) is 1. The second kappa shape index (κ2) is 5.47. The number of nitrogens with zero attached hydrogens (tertiary/aromatic N) is 2. The molecule has 0 aliphatic rings. The van der Waals surface area contributed by atoms with Crippen molar-refractivity contribution in [1.29, 1.82) is 0 Å². The molecule has 0 bridgehead atoms. The molecule has 1 N–H and O–H groups in total. The van der Waals surface area contributed by atoms with Gasteiger partial charge in [-0.2, -0.15) is 0 Å². The van der Waals surface area contributed by atoms with Crippen LogP contribution < -0.4 is 0 Å². The molecule has 0 aliphatic heterocycles. The van der Waals surface area contributed by atoms with Crippen molar-refractivity contribution in [2.45, 2.75) is 0 Å². The maximum Gasteiger partial charge on any atom is 0.269 e. The molecule has 5 heteroatoms. The van der Waals surface area contributed by atoms with Crippen LogP contribution in [0.1, 0.15) is 0 Å². The first kappa shape index (κ1) is 9.91. The van der Waals surface area contributed by atoms with Gasteiger partial charge in [-0.15, -0.1) is 0 Å². The van der Waals surface area contributed by atoms with Crippen LogP contribution in [0.25, 0.3) is 0 Å². The van der Waals surface area contributed by atoms with E-state index in [-0.39, 0.29) is 5.69 Å². The predicted molar refractivity (Wildman–Crippen MR) is 51.7 cm³/mol. The number of nitro groups is 1. The van der Waals surface area contributed by atoms with Gasteiger partial charge in [-0.25, -0.2) is 4.98 Å². The zero-order chi connectivity index (χ0) is 10.2. The molecule has 0 radical (unpaired) electrons. The highest BCUT2D eigenvalue weighted by Crippen LogP contribution is 2.06. The third-order valence-electron chi connectivity index (χ3n) is 1.37. The summed E-state index contributed by atoms with van der Waals surface area (Å²) in [5.41, 5.74) is 0.137. The average molecular weight is 191 g/mol. The third kappa shape index (κ3) is 3.48. The minimum absolute atomic E-state index is 0.137. The van der Waals surface area contributed by atoms with E-state index in [2.05, 4.69) is 9.97 Å². The van der Waals surface area contributed by atoms with Crippen LogP contribution in [0, 0.1) is 10.1 Å². The van der Waals surface area contributed by atoms with Crippen LogP contribution in [-0.4, -0.2) is 14.9 Å². The molecular weight excluding hydrogens is 182 g/mol. The Bertz CT molecular complexity index is 342. The lowest BCUT2D eigenvalue weighted by Gasteiger charge is -1.85. The van der Waals surface area contributed by atoms with Crippen LogP contribution in [0.4, 0.5) is 5.69 Å². The largest absolute Gasteiger partial charge is 0.351 e. The van der Waals surface area contributed by atoms with Gasteiger partial charge in [-0.05, 0) is 0 Å². The zero-order valence-electron chi connectivity index (χ0n) is 7.33. The first-order valence-electron chi connectivity index (χ1n) is 3.93. The third-order valence-corrected chi connectivity index (χ3v) is 1.37. The molecule has 72 valence electrons. The Kier molecular flexibility index (Phi) is 3.87. The van der Waals surface area contributed by atoms with E-state index >= 15 is 0 Å². The summed E-state index contributed by atoms with van der Waals surface area (Å²) in [6.07, 6.45) is 5.08. The summed E-state index contributed by atoms with van der Waals surface area (Å²) in [6.45, 7) is 0. The molecule has 2 rings (SSSR count). The van der Waals surface area contributed by atoms with Crippen molar-refractivity contribution < 1.29 is 4.92 Å². The van der Waals surface area contributed by atoms with Crippen molar-refractivity contribution in [2.75, 3.05) is 0 Å². The molecule has 0 saturated heterocycles. The highest BCUT2D eigenvalue weighted by atomic mass is 16.6. The van der Waals surface area contributed by atoms with Gasteiger partial charge < -0.3 is 4.98 Å². The number of aromatic nitrogens is 2. The first-order chi connectivity index (χ1) is 6.80. The van der Waals surface area contributed by atoms with Crippen molar-refractivity contribution in [2.24, 2.45) is 0 Å². The van der Waals surface area contributed by atoms with E-state index in [0.717, 1.165) is 0 Å². The number of nitro benzene ring substituents is 1. The summed E-state index contributed by atoms with van der Waals surface area (Å²) < 4.78 is 0. The summed E-state index contributed by atoms with van der Waals surface area (Å²) in [7, 11) is 0. The highest BCUT2D eigenvalue weighted by Gasteiger charge is 1.98. The van der Waals surface area contributed by atoms with E-state index in [9.17, 15) is 10.1 Å². The fourth-order valence-corrected chi connectivity index (χ4v) is 0.765. The molecule has 2 aromatic rings. The van der Waals surface area contributed by atoms with Crippen molar-refractivity contribution in [1.82, 2.24) is 9.97 Å². The lowest BCUT2D eigenvalue weighted by molar-refractivity contribution is -0.384. The molecule has 0 aliphatic carbocycles. The summed E-state index contributed by atoms with van der Waals surface area (Å²) in [6, 6.07) is 7.93. The Morgan fingerprint density at radius 3 is 2.29 bits per heavy atom. The SMILES string of the molecule is O=[N+]([O-])c1ccccc1.c1c[nH]cn1. The van der Waals surface area contributed by atoms with E-state index in [0.29, 0.717) is 0 Å². The molecule has 0 atom stereocenters. The molecule has 0 unspecified atom stereocenters. The molecule has 0 saturated carbocycles. The Morgan fingerprint density at radius 2 is 2.00 bits per heavy atom. The fourth-order valence-electron chi connectivity index (χ4n) is 0.765. The topological polar surface area (TPSA) is 71.8 Å². The van der Waals surface area contributed by atoms with Crippen molar-refractivity contribution in [3.05, 3.63) is 59.2 Å². The van der Waals surface area contributed by atoms with Crippen molar-refractivity contribution in [3.8, 4) is 0 Å². The molecule has 0 fully saturated rings. The van der Waals surface area contributed by atoms with E-state index in [1.165, 1.54) is 12.1 Å². The molecule has 1 aromatic heterocycles. The maximum absolute atomic E-state index is 10.0. The lowest BCUT2D eigenvalue weighted by atomic mass is 10.3. The standard InChI is InChI=1S/C6H5NO2.C3H4N2/c8-7(9)6-4-2-1-3-5-6;1-2-5-3-4-1/h1-5H;1-3H,(H,4,5). The number of non-ortho nitro benzene ring substituents is 1. The maximum atomic E-state index is 10.0. The van der Waals surface area contributed by atoms with E-state index in [1.54, 1.807) is 36.9 Å². The summed E-state index contributed by atoms with van der Waals surface area (Å²) in [5, 5.41) is 10.0. The Hall–Kier alpha value is -2.17. The molecule has 14 heavy (non-hydrogen) atoms. The molecular formula is C9H9N3O2. The van der Waals surface area contributed by atoms with E-state index in [4.69, 9.17) is 0 Å². The van der Waals surface area contributed by atoms with Gasteiger partial charge in [0.05, 0.1) is 11.3 Å². The number of para-hydroxylation sites is 1. The number of rotatable bonds is 1. The van der Waals surface area contributed by atoms with Crippen LogP contribution in [0.3, 0.4) is 0 Å². The number of H-pyrrole nitrogens is 1. The number of aromatic amines is 1. The normalized spacial score (nSPS) is 8.57. The van der Waals surface area contributed by atoms with Crippen LogP contribution >= 0.6 is 0 Å². The summed E-state index contributed by atoms with van der Waals surface area (Å²) in [5.74, 6) is 0. The Labute approximate surface area is 80.6 Å². The van der Waals surface area contributed by atoms with Gasteiger partial charge in [0.1, 0.15) is 0 Å². The van der Waals surface area contributed by atoms with Crippen LogP contribution in [0.15, 0.2) is 49.1 Å². The second-order valence-electron chi connectivity index (χ2n) is 2.35. The molecule has 1 heterocycles. The molecule has 5 nitrogen and oxygen atoms in total. The van der Waals surface area contributed by atoms with Gasteiger partial charge >= 0.3 is 0 Å². The Morgan fingerprint density at radius 1 is 1.29 bits per heavy atom. The van der Waals surface area contributed by atoms with Gasteiger partial charge in [-0.3, -0.25) is 10.1 Å². The fraction of sp³-hybridized carbons (Fsp3) is 0. The summed E-state index contributed by atoms with van der Waals surface area (Å²) >= 11 is 0. The van der Waals surface area contributed by atoms with Gasteiger partial charge in [0.15, 0.2) is 0 Å². The van der Waals surface area contributed by atoms with Crippen LogP contribution in [0.2, 0.25) is 0 Å². The first-order valence-corrected chi connectivity index (χ1v) is 3.93. The lowest BCUT2D eigenvalue weighted by Crippen LogP contribution is -1.84. The highest BCUT2D eigenvalue weighted by molar-refractivity contribution is 5.27. The number of imidazole rings is 1. The number of benzene rings is 1. The quantitative estimate of drug-likeness (QED) is 0.553. The minimum Gasteiger partial charge on any atom is -0.351 e. The van der Waals surface area contributed by atoms with E-state index in [1.807, 2.05) is 0 Å². The smallest absolute Gasteiger partial charge is 0.269 e. The molecule has 0 amide bonds. The second-order valence-corrected chi connectivity index (χ2v) is 2.35. The Balaban J connectivity index is 0.000000165. The van der Waals surface area contributed by atoms with Gasteiger partial charge in [0.25, 0.3) is 5.69 Å². The van der Waals surface area contributed by atoms with Gasteiger partial charge in [0, 0.05) is 24.5 Å². The minimum atomic E-state index is -0.417. The summed E-state index contributed by atoms with van der Waals surface area (Å²) in [4.78, 5) is 16.0. The monoisotopic (exact) mass is 191 g/mol. The number of hydrogen-bond acceptors (Lipinski definition) is 3. The number of hydrogen-bond donors (Lipinski definition) is 1.